The molecular weight excluding hydrogens is 238 g/mol. The van der Waals surface area contributed by atoms with Crippen LogP contribution in [0, 0.1) is 0 Å². The van der Waals surface area contributed by atoms with E-state index in [0.717, 1.165) is 27.9 Å². The van der Waals surface area contributed by atoms with Crippen LogP contribution in [0.2, 0.25) is 4.34 Å². The molecule has 76 valence electrons. The van der Waals surface area contributed by atoms with Gasteiger partial charge in [0.25, 0.3) is 0 Å². The third kappa shape index (κ3) is 1.56. The molecule has 1 aromatic heterocycles. The zero-order valence-corrected chi connectivity index (χ0v) is 9.91. The molecule has 2 atom stereocenters. The van der Waals surface area contributed by atoms with Crippen molar-refractivity contribution in [2.24, 2.45) is 0 Å². The zero-order chi connectivity index (χ0) is 9.54. The molecule has 0 amide bonds. The van der Waals surface area contributed by atoms with Gasteiger partial charge < -0.3 is 0 Å². The number of hydrogen-bond acceptors (Lipinski definition) is 5. The number of aromatic nitrogens is 2. The summed E-state index contributed by atoms with van der Waals surface area (Å²) >= 11 is 9.37. The number of fused-ring (bicyclic) bond motifs is 2. The molecule has 2 aliphatic rings. The van der Waals surface area contributed by atoms with E-state index in [1.807, 2.05) is 0 Å². The lowest BCUT2D eigenvalue weighted by molar-refractivity contribution is 0.258. The first-order valence-corrected chi connectivity index (χ1v) is 6.85. The van der Waals surface area contributed by atoms with Gasteiger partial charge in [0.15, 0.2) is 0 Å². The number of hydrogen-bond donors (Lipinski definition) is 0. The summed E-state index contributed by atoms with van der Waals surface area (Å²) in [6.07, 6.45) is 1.35. The fraction of sp³-hybridized carbons (Fsp3) is 0.750. The van der Waals surface area contributed by atoms with Crippen molar-refractivity contribution in [1.29, 1.82) is 0 Å². The molecule has 3 heterocycles. The van der Waals surface area contributed by atoms with E-state index in [9.17, 15) is 0 Å². The molecule has 0 saturated carbocycles. The van der Waals surface area contributed by atoms with Gasteiger partial charge in [-0.2, -0.15) is 11.8 Å². The van der Waals surface area contributed by atoms with Gasteiger partial charge in [0.2, 0.25) is 0 Å². The van der Waals surface area contributed by atoms with Crippen LogP contribution in [0.15, 0.2) is 0 Å². The number of rotatable bonds is 2. The second-order valence-corrected chi connectivity index (χ2v) is 6.46. The quantitative estimate of drug-likeness (QED) is 0.798. The van der Waals surface area contributed by atoms with Crippen LogP contribution in [0.25, 0.3) is 0 Å². The molecular formula is C8H10ClN3S2. The minimum Gasteiger partial charge on any atom is -0.292 e. The average molecular weight is 248 g/mol. The molecule has 0 spiro atoms. The molecule has 2 unspecified atom stereocenters. The smallest absolute Gasteiger partial charge is 0.138 e. The summed E-state index contributed by atoms with van der Waals surface area (Å²) in [6.45, 7) is 2.08. The van der Waals surface area contributed by atoms with E-state index in [0.29, 0.717) is 0 Å². The normalized spacial score (nSPS) is 31.5. The SMILES string of the molecule is Clc1snnc1CN1CC2CC1CS2. The fourth-order valence-electron chi connectivity index (χ4n) is 2.16. The Hall–Kier alpha value is 0.160. The highest BCUT2D eigenvalue weighted by atomic mass is 35.5. The summed E-state index contributed by atoms with van der Waals surface area (Å²) in [5.41, 5.74) is 0.953. The van der Waals surface area contributed by atoms with E-state index >= 15 is 0 Å². The Morgan fingerprint density at radius 3 is 3.07 bits per heavy atom. The molecule has 0 N–H and O–H groups in total. The van der Waals surface area contributed by atoms with E-state index in [2.05, 4.69) is 26.2 Å². The van der Waals surface area contributed by atoms with Crippen molar-refractivity contribution in [3.05, 3.63) is 10.0 Å². The van der Waals surface area contributed by atoms with Gasteiger partial charge in [0, 0.05) is 41.7 Å². The summed E-state index contributed by atoms with van der Waals surface area (Å²) in [4.78, 5) is 2.49. The van der Waals surface area contributed by atoms with Crippen molar-refractivity contribution in [2.45, 2.75) is 24.3 Å². The van der Waals surface area contributed by atoms with Crippen molar-refractivity contribution in [2.75, 3.05) is 12.3 Å². The molecule has 2 bridgehead atoms. The first kappa shape index (κ1) is 9.39. The Kier molecular flexibility index (Phi) is 2.43. The van der Waals surface area contributed by atoms with Crippen LogP contribution in [-0.4, -0.2) is 38.1 Å². The number of nitrogens with zero attached hydrogens (tertiary/aromatic N) is 3. The first-order chi connectivity index (χ1) is 6.83. The van der Waals surface area contributed by atoms with E-state index in [4.69, 9.17) is 11.6 Å². The van der Waals surface area contributed by atoms with Gasteiger partial charge in [0.05, 0.1) is 0 Å². The predicted molar refractivity (Wildman–Crippen MR) is 60.0 cm³/mol. The monoisotopic (exact) mass is 247 g/mol. The highest BCUT2D eigenvalue weighted by molar-refractivity contribution is 8.00. The Balaban J connectivity index is 1.71. The molecule has 3 nitrogen and oxygen atoms in total. The molecule has 0 aliphatic carbocycles. The van der Waals surface area contributed by atoms with Crippen molar-refractivity contribution in [3.8, 4) is 0 Å². The van der Waals surface area contributed by atoms with Gasteiger partial charge in [-0.3, -0.25) is 4.90 Å². The highest BCUT2D eigenvalue weighted by Gasteiger charge is 2.38. The molecule has 1 aromatic rings. The molecule has 2 aliphatic heterocycles. The number of thioether (sulfide) groups is 1. The lowest BCUT2D eigenvalue weighted by atomic mass is 10.2. The van der Waals surface area contributed by atoms with E-state index in [-0.39, 0.29) is 0 Å². The minimum absolute atomic E-state index is 0.750. The Morgan fingerprint density at radius 1 is 1.57 bits per heavy atom. The standard InChI is InChI=1S/C8H10ClN3S2/c9-8-7(10-11-14-8)3-12-2-6-1-5(12)4-13-6/h5-6H,1-4H2. The van der Waals surface area contributed by atoms with Gasteiger partial charge in [-0.05, 0) is 6.42 Å². The van der Waals surface area contributed by atoms with Crippen LogP contribution in [0.3, 0.4) is 0 Å². The van der Waals surface area contributed by atoms with Gasteiger partial charge >= 0.3 is 0 Å². The van der Waals surface area contributed by atoms with Crippen molar-refractivity contribution < 1.29 is 0 Å². The summed E-state index contributed by atoms with van der Waals surface area (Å²) in [5, 5.41) is 4.90. The molecule has 2 fully saturated rings. The van der Waals surface area contributed by atoms with Crippen LogP contribution < -0.4 is 0 Å². The van der Waals surface area contributed by atoms with E-state index < -0.39 is 0 Å². The second kappa shape index (κ2) is 3.63. The van der Waals surface area contributed by atoms with Gasteiger partial charge in [-0.15, -0.1) is 5.10 Å². The lowest BCUT2D eigenvalue weighted by Crippen LogP contribution is -2.33. The Morgan fingerprint density at radius 2 is 2.50 bits per heavy atom. The molecule has 6 heteroatoms. The fourth-order valence-corrected chi connectivity index (χ4v) is 4.26. The Labute approximate surface area is 96.0 Å². The third-order valence-corrected chi connectivity index (χ3v) is 5.25. The summed E-state index contributed by atoms with van der Waals surface area (Å²) in [5.74, 6) is 1.28. The van der Waals surface area contributed by atoms with E-state index in [1.165, 1.54) is 30.3 Å². The summed E-state index contributed by atoms with van der Waals surface area (Å²) < 4.78 is 4.60. The molecule has 2 saturated heterocycles. The largest absolute Gasteiger partial charge is 0.292 e. The van der Waals surface area contributed by atoms with Crippen molar-refractivity contribution >= 4 is 34.9 Å². The summed E-state index contributed by atoms with van der Waals surface area (Å²) in [7, 11) is 0. The van der Waals surface area contributed by atoms with Crippen LogP contribution in [0.4, 0.5) is 0 Å². The lowest BCUT2D eigenvalue weighted by Gasteiger charge is -2.25. The second-order valence-electron chi connectivity index (χ2n) is 3.77. The maximum atomic E-state index is 5.98. The molecule has 3 rings (SSSR count). The molecule has 14 heavy (non-hydrogen) atoms. The first-order valence-electron chi connectivity index (χ1n) is 4.65. The van der Waals surface area contributed by atoms with Gasteiger partial charge in [-0.25, -0.2) is 0 Å². The maximum absolute atomic E-state index is 5.98. The van der Waals surface area contributed by atoms with Crippen LogP contribution >= 0.6 is 34.9 Å². The van der Waals surface area contributed by atoms with Crippen LogP contribution in [0.5, 0.6) is 0 Å². The average Bonchev–Trinajstić information content (AvgIpc) is 2.83. The minimum atomic E-state index is 0.750. The van der Waals surface area contributed by atoms with Gasteiger partial charge in [-0.1, -0.05) is 16.1 Å². The van der Waals surface area contributed by atoms with Gasteiger partial charge in [0.1, 0.15) is 10.0 Å². The van der Waals surface area contributed by atoms with Crippen molar-refractivity contribution in [3.63, 3.8) is 0 Å². The number of likely N-dealkylation sites (tertiary alicyclic amines) is 1. The topological polar surface area (TPSA) is 29.0 Å². The van der Waals surface area contributed by atoms with Crippen LogP contribution in [0.1, 0.15) is 12.1 Å². The molecule has 0 aromatic carbocycles. The maximum Gasteiger partial charge on any atom is 0.138 e. The van der Waals surface area contributed by atoms with Crippen molar-refractivity contribution in [1.82, 2.24) is 14.5 Å². The molecule has 0 radical (unpaired) electrons. The zero-order valence-electron chi connectivity index (χ0n) is 7.52. The third-order valence-electron chi connectivity index (χ3n) is 2.88. The number of halogens is 1. The van der Waals surface area contributed by atoms with Crippen LogP contribution in [-0.2, 0) is 6.54 Å². The van der Waals surface area contributed by atoms with E-state index in [1.54, 1.807) is 0 Å². The predicted octanol–water partition coefficient (Wildman–Crippen LogP) is 1.88. The highest BCUT2D eigenvalue weighted by Crippen LogP contribution is 2.38. The Bertz CT molecular complexity index is 343. The summed E-state index contributed by atoms with van der Waals surface area (Å²) in [6, 6.07) is 0.753.